The minimum atomic E-state index is -0.287. The molecule has 1 fully saturated rings. The second-order valence-electron chi connectivity index (χ2n) is 7.17. The second-order valence-corrected chi connectivity index (χ2v) is 7.17. The SMILES string of the molecule is Cn1cc(C2CCN(C(=O)Cc3cccc(F)c3)CC2)c2ccccc21. The molecule has 0 unspecified atom stereocenters. The van der Waals surface area contributed by atoms with E-state index in [9.17, 15) is 9.18 Å². The molecule has 3 nitrogen and oxygen atoms in total. The van der Waals surface area contributed by atoms with Crippen LogP contribution in [0, 0.1) is 5.82 Å². The number of likely N-dealkylation sites (tertiary alicyclic amines) is 1. The number of benzene rings is 2. The zero-order chi connectivity index (χ0) is 18.1. The van der Waals surface area contributed by atoms with Crippen molar-refractivity contribution in [2.45, 2.75) is 25.2 Å². The first-order valence-corrected chi connectivity index (χ1v) is 9.18. The Morgan fingerprint density at radius 3 is 2.65 bits per heavy atom. The van der Waals surface area contributed by atoms with Crippen molar-refractivity contribution in [1.29, 1.82) is 0 Å². The predicted octanol–water partition coefficient (Wildman–Crippen LogP) is 4.27. The van der Waals surface area contributed by atoms with E-state index in [0.717, 1.165) is 31.5 Å². The molecule has 1 aliphatic heterocycles. The number of halogens is 1. The van der Waals surface area contributed by atoms with Crippen molar-refractivity contribution in [3.63, 3.8) is 0 Å². The summed E-state index contributed by atoms with van der Waals surface area (Å²) in [6.07, 6.45) is 4.46. The van der Waals surface area contributed by atoms with Gasteiger partial charge in [0, 0.05) is 37.2 Å². The molecule has 0 aliphatic carbocycles. The molecule has 2 heterocycles. The minimum Gasteiger partial charge on any atom is -0.350 e. The number of rotatable bonds is 3. The molecule has 134 valence electrons. The lowest BCUT2D eigenvalue weighted by molar-refractivity contribution is -0.131. The van der Waals surface area contributed by atoms with Gasteiger partial charge in [0.15, 0.2) is 0 Å². The van der Waals surface area contributed by atoms with Gasteiger partial charge in [-0.2, -0.15) is 0 Å². The highest BCUT2D eigenvalue weighted by Crippen LogP contribution is 2.34. The van der Waals surface area contributed by atoms with Gasteiger partial charge in [-0.25, -0.2) is 4.39 Å². The van der Waals surface area contributed by atoms with Crippen LogP contribution in [-0.4, -0.2) is 28.5 Å². The van der Waals surface area contributed by atoms with Crippen molar-refractivity contribution < 1.29 is 9.18 Å². The molecule has 26 heavy (non-hydrogen) atoms. The van der Waals surface area contributed by atoms with Crippen LogP contribution in [0.25, 0.3) is 10.9 Å². The van der Waals surface area contributed by atoms with Gasteiger partial charge in [-0.3, -0.25) is 4.79 Å². The summed E-state index contributed by atoms with van der Waals surface area (Å²) in [5.41, 5.74) is 3.39. The zero-order valence-electron chi connectivity index (χ0n) is 15.0. The molecule has 4 heteroatoms. The van der Waals surface area contributed by atoms with Gasteiger partial charge in [0.2, 0.25) is 5.91 Å². The maximum absolute atomic E-state index is 13.3. The average Bonchev–Trinajstić information content (AvgIpc) is 2.99. The minimum absolute atomic E-state index is 0.0898. The number of aromatic nitrogens is 1. The normalized spacial score (nSPS) is 15.5. The van der Waals surface area contributed by atoms with E-state index >= 15 is 0 Å². The Balaban J connectivity index is 1.43. The Morgan fingerprint density at radius 2 is 1.88 bits per heavy atom. The summed E-state index contributed by atoms with van der Waals surface area (Å²) < 4.78 is 15.5. The van der Waals surface area contributed by atoms with Crippen molar-refractivity contribution in [1.82, 2.24) is 9.47 Å². The van der Waals surface area contributed by atoms with Gasteiger partial charge < -0.3 is 9.47 Å². The third-order valence-electron chi connectivity index (χ3n) is 5.46. The molecule has 3 aromatic rings. The number of fused-ring (bicyclic) bond motifs is 1. The monoisotopic (exact) mass is 350 g/mol. The number of carbonyl (C=O) groups excluding carboxylic acids is 1. The van der Waals surface area contributed by atoms with Crippen LogP contribution in [0.1, 0.15) is 29.9 Å². The van der Waals surface area contributed by atoms with E-state index in [-0.39, 0.29) is 18.1 Å². The Morgan fingerprint density at radius 1 is 1.12 bits per heavy atom. The van der Waals surface area contributed by atoms with Gasteiger partial charge in [-0.15, -0.1) is 0 Å². The largest absolute Gasteiger partial charge is 0.350 e. The van der Waals surface area contributed by atoms with Crippen molar-refractivity contribution >= 4 is 16.8 Å². The summed E-state index contributed by atoms with van der Waals surface area (Å²) in [7, 11) is 2.09. The molecule has 1 aliphatic rings. The Kier molecular flexibility index (Phi) is 4.49. The summed E-state index contributed by atoms with van der Waals surface area (Å²) in [5.74, 6) is 0.288. The molecule has 0 radical (unpaired) electrons. The van der Waals surface area contributed by atoms with E-state index in [1.807, 2.05) is 11.0 Å². The fourth-order valence-electron chi connectivity index (χ4n) is 4.07. The van der Waals surface area contributed by atoms with Crippen LogP contribution < -0.4 is 0 Å². The average molecular weight is 350 g/mol. The van der Waals surface area contributed by atoms with Crippen LogP contribution in [-0.2, 0) is 18.3 Å². The number of aryl methyl sites for hydroxylation is 1. The third-order valence-corrected chi connectivity index (χ3v) is 5.46. The summed E-state index contributed by atoms with van der Waals surface area (Å²) in [6.45, 7) is 1.53. The van der Waals surface area contributed by atoms with E-state index in [0.29, 0.717) is 5.92 Å². The van der Waals surface area contributed by atoms with Crippen LogP contribution in [0.5, 0.6) is 0 Å². The molecule has 0 N–H and O–H groups in total. The quantitative estimate of drug-likeness (QED) is 0.693. The molecule has 1 aromatic heterocycles. The van der Waals surface area contributed by atoms with Crippen molar-refractivity contribution in [2.24, 2.45) is 7.05 Å². The number of nitrogens with zero attached hydrogens (tertiary/aromatic N) is 2. The van der Waals surface area contributed by atoms with E-state index < -0.39 is 0 Å². The van der Waals surface area contributed by atoms with Gasteiger partial charge >= 0.3 is 0 Å². The Labute approximate surface area is 153 Å². The number of hydrogen-bond donors (Lipinski definition) is 0. The van der Waals surface area contributed by atoms with Crippen LogP contribution in [0.4, 0.5) is 4.39 Å². The third kappa shape index (κ3) is 3.24. The maximum atomic E-state index is 13.3. The van der Waals surface area contributed by atoms with Gasteiger partial charge in [0.25, 0.3) is 0 Å². The lowest BCUT2D eigenvalue weighted by atomic mass is 9.89. The van der Waals surface area contributed by atoms with Crippen LogP contribution in [0.3, 0.4) is 0 Å². The van der Waals surface area contributed by atoms with E-state index in [2.05, 4.69) is 42.1 Å². The molecule has 4 rings (SSSR count). The topological polar surface area (TPSA) is 25.2 Å². The highest BCUT2D eigenvalue weighted by Gasteiger charge is 2.25. The van der Waals surface area contributed by atoms with Crippen LogP contribution in [0.2, 0.25) is 0 Å². The zero-order valence-corrected chi connectivity index (χ0v) is 15.0. The molecular weight excluding hydrogens is 327 g/mol. The molecule has 1 saturated heterocycles. The summed E-state index contributed by atoms with van der Waals surface area (Å²) in [6, 6.07) is 14.8. The highest BCUT2D eigenvalue weighted by atomic mass is 19.1. The van der Waals surface area contributed by atoms with E-state index in [4.69, 9.17) is 0 Å². The fourth-order valence-corrected chi connectivity index (χ4v) is 4.07. The first-order chi connectivity index (χ1) is 12.6. The maximum Gasteiger partial charge on any atom is 0.226 e. The standard InChI is InChI=1S/C22H23FN2O/c1-24-15-20(19-7-2-3-8-21(19)24)17-9-11-25(12-10-17)22(26)14-16-5-4-6-18(23)13-16/h2-8,13,15,17H,9-12,14H2,1H3. The molecule has 2 aromatic carbocycles. The van der Waals surface area contributed by atoms with Gasteiger partial charge in [0.05, 0.1) is 6.42 Å². The molecule has 0 atom stereocenters. The lowest BCUT2D eigenvalue weighted by Gasteiger charge is -2.32. The van der Waals surface area contributed by atoms with Gasteiger partial charge in [0.1, 0.15) is 5.82 Å². The van der Waals surface area contributed by atoms with Crippen molar-refractivity contribution in [3.05, 3.63) is 71.7 Å². The fraction of sp³-hybridized carbons (Fsp3) is 0.318. The first kappa shape index (κ1) is 16.8. The summed E-state index contributed by atoms with van der Waals surface area (Å²) in [5, 5.41) is 1.32. The van der Waals surface area contributed by atoms with Crippen molar-refractivity contribution in [2.75, 3.05) is 13.1 Å². The van der Waals surface area contributed by atoms with Crippen LogP contribution >= 0.6 is 0 Å². The predicted molar refractivity (Wildman–Crippen MR) is 102 cm³/mol. The molecule has 1 amide bonds. The smallest absolute Gasteiger partial charge is 0.226 e. The van der Waals surface area contributed by atoms with Gasteiger partial charge in [-0.05, 0) is 48.1 Å². The summed E-state index contributed by atoms with van der Waals surface area (Å²) >= 11 is 0. The molecule has 0 spiro atoms. The van der Waals surface area contributed by atoms with Crippen LogP contribution in [0.15, 0.2) is 54.7 Å². The second kappa shape index (κ2) is 6.94. The molecule has 0 saturated carbocycles. The highest BCUT2D eigenvalue weighted by molar-refractivity contribution is 5.84. The molecular formula is C22H23FN2O. The summed E-state index contributed by atoms with van der Waals surface area (Å²) in [4.78, 5) is 14.5. The van der Waals surface area contributed by atoms with E-state index in [1.165, 1.54) is 28.6 Å². The number of amides is 1. The number of piperidine rings is 1. The van der Waals surface area contributed by atoms with Crippen molar-refractivity contribution in [3.8, 4) is 0 Å². The lowest BCUT2D eigenvalue weighted by Crippen LogP contribution is -2.38. The number of carbonyl (C=O) groups is 1. The van der Waals surface area contributed by atoms with E-state index in [1.54, 1.807) is 6.07 Å². The first-order valence-electron chi connectivity index (χ1n) is 9.18. The Hall–Kier alpha value is -2.62. The molecule has 0 bridgehead atoms. The number of para-hydroxylation sites is 1. The van der Waals surface area contributed by atoms with Gasteiger partial charge in [-0.1, -0.05) is 30.3 Å². The Bertz CT molecular complexity index is 938. The number of hydrogen-bond acceptors (Lipinski definition) is 1.